The van der Waals surface area contributed by atoms with Crippen LogP contribution >= 0.6 is 0 Å². The fourth-order valence-corrected chi connectivity index (χ4v) is 5.88. The topological polar surface area (TPSA) is 50.7 Å². The zero-order valence-corrected chi connectivity index (χ0v) is 23.8. The Morgan fingerprint density at radius 3 is 2.02 bits per heavy atom. The van der Waals surface area contributed by atoms with E-state index < -0.39 is 0 Å². The molecule has 7 rings (SSSR count). The van der Waals surface area contributed by atoms with Gasteiger partial charge in [-0.1, -0.05) is 140 Å². The Kier molecular flexibility index (Phi) is 7.21. The first kappa shape index (κ1) is 26.4. The highest BCUT2D eigenvalue weighted by Crippen LogP contribution is 2.41. The summed E-state index contributed by atoms with van der Waals surface area (Å²) >= 11 is 0. The van der Waals surface area contributed by atoms with E-state index in [0.717, 1.165) is 34.2 Å². The minimum absolute atomic E-state index is 0.442. The summed E-state index contributed by atoms with van der Waals surface area (Å²) in [7, 11) is 0. The fourth-order valence-electron chi connectivity index (χ4n) is 5.88. The Bertz CT molecular complexity index is 1970. The molecule has 1 aliphatic carbocycles. The number of hydrogen-bond acceptors (Lipinski definition) is 1. The molecule has 0 heterocycles. The third kappa shape index (κ3) is 5.53. The molecule has 3 nitrogen and oxygen atoms in total. The summed E-state index contributed by atoms with van der Waals surface area (Å²) in [5, 5.41) is 0. The van der Waals surface area contributed by atoms with Gasteiger partial charge in [-0.2, -0.15) is 0 Å². The van der Waals surface area contributed by atoms with E-state index in [2.05, 4.69) is 115 Å². The molecule has 3 heteroatoms. The Morgan fingerprint density at radius 1 is 0.535 bits per heavy atom. The van der Waals surface area contributed by atoms with Gasteiger partial charge in [-0.05, 0) is 68.6 Å². The fraction of sp³-hybridized carbons (Fsp3) is 0.0500. The molecule has 0 spiro atoms. The zero-order valence-electron chi connectivity index (χ0n) is 23.8. The van der Waals surface area contributed by atoms with Crippen molar-refractivity contribution in [2.45, 2.75) is 13.0 Å². The molecular formula is C40H31N3. The number of fused-ring (bicyclic) bond motifs is 3. The molecule has 43 heavy (non-hydrogen) atoms. The predicted molar refractivity (Wildman–Crippen MR) is 179 cm³/mol. The number of aliphatic imine (C=N–C) groups is 2. The number of nitrogens with zero attached hydrogens (tertiary/aromatic N) is 2. The first-order valence-electron chi connectivity index (χ1n) is 14.6. The van der Waals surface area contributed by atoms with Crippen LogP contribution in [-0.2, 0) is 13.0 Å². The second-order valence-electron chi connectivity index (χ2n) is 10.8. The summed E-state index contributed by atoms with van der Waals surface area (Å²) in [5.41, 5.74) is 19.6. The lowest BCUT2D eigenvalue weighted by Gasteiger charge is -2.11. The molecule has 6 aromatic carbocycles. The molecule has 0 unspecified atom stereocenters. The number of amidine groups is 2. The summed E-state index contributed by atoms with van der Waals surface area (Å²) in [4.78, 5) is 9.92. The van der Waals surface area contributed by atoms with Gasteiger partial charge in [0.1, 0.15) is 5.84 Å². The van der Waals surface area contributed by atoms with Crippen molar-refractivity contribution in [2.24, 2.45) is 15.7 Å². The third-order valence-electron chi connectivity index (χ3n) is 8.02. The highest BCUT2D eigenvalue weighted by molar-refractivity contribution is 6.11. The maximum Gasteiger partial charge on any atom is 0.157 e. The average molecular weight is 554 g/mol. The third-order valence-corrected chi connectivity index (χ3v) is 8.02. The van der Waals surface area contributed by atoms with Crippen LogP contribution in [0.2, 0.25) is 0 Å². The van der Waals surface area contributed by atoms with Gasteiger partial charge in [0.2, 0.25) is 0 Å². The molecule has 206 valence electrons. The molecule has 0 amide bonds. The number of rotatable bonds is 6. The van der Waals surface area contributed by atoms with Crippen molar-refractivity contribution in [2.75, 3.05) is 0 Å². The molecule has 0 aromatic heterocycles. The van der Waals surface area contributed by atoms with Gasteiger partial charge >= 0.3 is 0 Å². The monoisotopic (exact) mass is 553 g/mol. The van der Waals surface area contributed by atoms with Gasteiger partial charge in [0, 0.05) is 11.1 Å². The molecule has 0 radical (unpaired) electrons. The normalized spacial score (nSPS) is 12.6. The Morgan fingerprint density at radius 2 is 1.16 bits per heavy atom. The second kappa shape index (κ2) is 11.8. The van der Waals surface area contributed by atoms with E-state index in [1.165, 1.54) is 33.4 Å². The summed E-state index contributed by atoms with van der Waals surface area (Å²) in [5.74, 6) is 1.05. The van der Waals surface area contributed by atoms with Crippen LogP contribution in [0.5, 0.6) is 0 Å². The highest BCUT2D eigenvalue weighted by Gasteiger charge is 2.21. The van der Waals surface area contributed by atoms with Crippen LogP contribution in [0.1, 0.15) is 27.8 Å². The van der Waals surface area contributed by atoms with Gasteiger partial charge in [-0.15, -0.1) is 0 Å². The van der Waals surface area contributed by atoms with E-state index in [9.17, 15) is 0 Å². The maximum atomic E-state index is 6.51. The lowest BCUT2D eigenvalue weighted by molar-refractivity contribution is 1.06. The van der Waals surface area contributed by atoms with Crippen molar-refractivity contribution in [1.29, 1.82) is 0 Å². The van der Waals surface area contributed by atoms with Gasteiger partial charge in [-0.25, -0.2) is 4.99 Å². The minimum atomic E-state index is 0.442. The molecule has 2 N–H and O–H groups in total. The Balaban J connectivity index is 1.24. The van der Waals surface area contributed by atoms with Gasteiger partial charge in [0.05, 0.1) is 6.54 Å². The van der Waals surface area contributed by atoms with Crippen LogP contribution in [0.4, 0.5) is 0 Å². The summed E-state index contributed by atoms with van der Waals surface area (Å²) < 4.78 is 0. The lowest BCUT2D eigenvalue weighted by atomic mass is 9.95. The van der Waals surface area contributed by atoms with Crippen LogP contribution < -0.4 is 5.73 Å². The average Bonchev–Trinajstić information content (AvgIpc) is 3.46. The molecule has 0 fully saturated rings. The standard InChI is InChI=1S/C40H31N3/c41-39(30-15-5-2-6-16-30)43-40(34-20-10-18-31(25-34)29-13-3-1-4-14-29)42-27-28-12-9-19-32(24-28)36-22-11-23-37-35-21-8-7-17-33(35)26-38(36)37/h1-25H,26-27H2,(H2,41,42,43). The molecule has 0 saturated carbocycles. The minimum Gasteiger partial charge on any atom is -0.383 e. The van der Waals surface area contributed by atoms with Crippen LogP contribution in [-0.4, -0.2) is 11.7 Å². The quantitative estimate of drug-likeness (QED) is 0.162. The second-order valence-corrected chi connectivity index (χ2v) is 10.8. The summed E-state index contributed by atoms with van der Waals surface area (Å²) in [6.07, 6.45) is 0.958. The smallest absolute Gasteiger partial charge is 0.157 e. The zero-order chi connectivity index (χ0) is 29.0. The molecule has 6 aromatic rings. The van der Waals surface area contributed by atoms with Crippen LogP contribution in [0.3, 0.4) is 0 Å². The molecule has 0 bridgehead atoms. The first-order valence-corrected chi connectivity index (χ1v) is 14.6. The van der Waals surface area contributed by atoms with Crippen molar-refractivity contribution in [1.82, 2.24) is 0 Å². The van der Waals surface area contributed by atoms with Crippen molar-refractivity contribution < 1.29 is 0 Å². The van der Waals surface area contributed by atoms with E-state index in [0.29, 0.717) is 18.2 Å². The van der Waals surface area contributed by atoms with E-state index >= 15 is 0 Å². The van der Waals surface area contributed by atoms with E-state index in [1.807, 2.05) is 36.4 Å². The Labute approximate surface area is 252 Å². The van der Waals surface area contributed by atoms with E-state index in [4.69, 9.17) is 15.7 Å². The molecule has 1 aliphatic rings. The summed E-state index contributed by atoms with van der Waals surface area (Å²) in [6.45, 7) is 0.486. The molecule has 0 saturated heterocycles. The van der Waals surface area contributed by atoms with E-state index in [-0.39, 0.29) is 0 Å². The van der Waals surface area contributed by atoms with Crippen molar-refractivity contribution in [3.63, 3.8) is 0 Å². The highest BCUT2D eigenvalue weighted by atomic mass is 15.0. The number of benzene rings is 6. The van der Waals surface area contributed by atoms with Gasteiger partial charge in [0.25, 0.3) is 0 Å². The van der Waals surface area contributed by atoms with Gasteiger partial charge < -0.3 is 5.73 Å². The Hall–Kier alpha value is -5.54. The SMILES string of the molecule is NC(=NC(=NCc1cccc(-c2cccc3c2Cc2ccccc2-3)c1)c1cccc(-c2ccccc2)c1)c1ccccc1. The van der Waals surface area contributed by atoms with Crippen molar-refractivity contribution >= 4 is 11.7 Å². The molecule has 0 aliphatic heterocycles. The predicted octanol–water partition coefficient (Wildman–Crippen LogP) is 8.94. The van der Waals surface area contributed by atoms with Crippen LogP contribution in [0.15, 0.2) is 162 Å². The molecule has 0 atom stereocenters. The number of hydrogen-bond donors (Lipinski definition) is 1. The van der Waals surface area contributed by atoms with Gasteiger partial charge in [0.15, 0.2) is 5.84 Å². The lowest BCUT2D eigenvalue weighted by Crippen LogP contribution is -2.16. The van der Waals surface area contributed by atoms with Crippen molar-refractivity contribution in [3.05, 3.63) is 179 Å². The summed E-state index contributed by atoms with van der Waals surface area (Å²) in [6, 6.07) is 52.6. The van der Waals surface area contributed by atoms with Crippen LogP contribution in [0, 0.1) is 0 Å². The van der Waals surface area contributed by atoms with E-state index in [1.54, 1.807) is 0 Å². The molecular weight excluding hydrogens is 522 g/mol. The largest absolute Gasteiger partial charge is 0.383 e. The van der Waals surface area contributed by atoms with Crippen LogP contribution in [0.25, 0.3) is 33.4 Å². The first-order chi connectivity index (χ1) is 21.2. The maximum absolute atomic E-state index is 6.51. The van der Waals surface area contributed by atoms with Crippen molar-refractivity contribution in [3.8, 4) is 33.4 Å². The van der Waals surface area contributed by atoms with Gasteiger partial charge in [-0.3, -0.25) is 4.99 Å². The number of nitrogens with two attached hydrogens (primary N) is 1.